The van der Waals surface area contributed by atoms with Crippen LogP contribution >= 0.6 is 0 Å². The minimum atomic E-state index is -1.12. The monoisotopic (exact) mass is 381 g/mol. The first-order valence-electron chi connectivity index (χ1n) is 9.00. The van der Waals surface area contributed by atoms with E-state index in [4.69, 9.17) is 0 Å². The molecule has 148 valence electrons. The highest BCUT2D eigenvalue weighted by molar-refractivity contribution is 5.89. The van der Waals surface area contributed by atoms with Gasteiger partial charge in [0.15, 0.2) is 11.6 Å². The Balaban J connectivity index is 2.05. The summed E-state index contributed by atoms with van der Waals surface area (Å²) in [5.74, 6) is -3.37. The molecule has 1 fully saturated rings. The number of hydrogen-bond donors (Lipinski definition) is 2. The fourth-order valence-electron chi connectivity index (χ4n) is 3.12. The molecule has 0 aliphatic carbocycles. The van der Waals surface area contributed by atoms with Crippen molar-refractivity contribution in [1.29, 1.82) is 0 Å². The lowest BCUT2D eigenvalue weighted by Crippen LogP contribution is -2.46. The third kappa shape index (κ3) is 5.02. The SMILES string of the molecule is CNC(=O)C(NC(=O)C1CCN(C(=O)C(C)C)CC1)c1ccc(F)c(F)c1. The Morgan fingerprint density at radius 3 is 2.26 bits per heavy atom. The quantitative estimate of drug-likeness (QED) is 0.816. The maximum Gasteiger partial charge on any atom is 0.246 e. The molecule has 2 N–H and O–H groups in total. The van der Waals surface area contributed by atoms with Crippen LogP contribution in [0.15, 0.2) is 18.2 Å². The summed E-state index contributed by atoms with van der Waals surface area (Å²) >= 11 is 0. The van der Waals surface area contributed by atoms with E-state index in [-0.39, 0.29) is 29.2 Å². The second-order valence-electron chi connectivity index (χ2n) is 6.98. The summed E-state index contributed by atoms with van der Waals surface area (Å²) in [6.45, 7) is 4.61. The molecule has 1 aliphatic rings. The molecule has 1 atom stereocenters. The molecular weight excluding hydrogens is 356 g/mol. The Kier molecular flexibility index (Phi) is 6.87. The molecule has 1 heterocycles. The van der Waals surface area contributed by atoms with Crippen LogP contribution in [0.2, 0.25) is 0 Å². The Morgan fingerprint density at radius 1 is 1.11 bits per heavy atom. The van der Waals surface area contributed by atoms with Gasteiger partial charge in [-0.05, 0) is 30.5 Å². The highest BCUT2D eigenvalue weighted by atomic mass is 19.2. The molecule has 2 rings (SSSR count). The highest BCUT2D eigenvalue weighted by Gasteiger charge is 2.31. The lowest BCUT2D eigenvalue weighted by atomic mass is 9.94. The first-order valence-corrected chi connectivity index (χ1v) is 9.00. The Bertz CT molecular complexity index is 716. The zero-order chi connectivity index (χ0) is 20.1. The van der Waals surface area contributed by atoms with Crippen LogP contribution < -0.4 is 10.6 Å². The van der Waals surface area contributed by atoms with Crippen LogP contribution in [0.4, 0.5) is 8.78 Å². The number of nitrogens with one attached hydrogen (secondary N) is 2. The number of hydrogen-bond acceptors (Lipinski definition) is 3. The van der Waals surface area contributed by atoms with Gasteiger partial charge in [0.25, 0.3) is 0 Å². The van der Waals surface area contributed by atoms with E-state index in [0.29, 0.717) is 25.9 Å². The van der Waals surface area contributed by atoms with Gasteiger partial charge >= 0.3 is 0 Å². The Hall–Kier alpha value is -2.51. The minimum absolute atomic E-state index is 0.0545. The van der Waals surface area contributed by atoms with Crippen molar-refractivity contribution in [1.82, 2.24) is 15.5 Å². The number of nitrogens with zero attached hydrogens (tertiary/aromatic N) is 1. The lowest BCUT2D eigenvalue weighted by molar-refractivity contribution is -0.138. The van der Waals surface area contributed by atoms with Gasteiger partial charge in [0, 0.05) is 32.0 Å². The Labute approximate surface area is 157 Å². The predicted octanol–water partition coefficient (Wildman–Crippen LogP) is 1.76. The maximum absolute atomic E-state index is 13.5. The summed E-state index contributed by atoms with van der Waals surface area (Å²) in [6, 6.07) is 1.97. The van der Waals surface area contributed by atoms with Crippen molar-refractivity contribution in [3.05, 3.63) is 35.4 Å². The van der Waals surface area contributed by atoms with E-state index in [2.05, 4.69) is 10.6 Å². The molecule has 3 amide bonds. The number of likely N-dealkylation sites (N-methyl/N-ethyl adjacent to an activating group) is 1. The number of rotatable bonds is 5. The second kappa shape index (κ2) is 8.92. The van der Waals surface area contributed by atoms with Crippen molar-refractivity contribution in [3.63, 3.8) is 0 Å². The van der Waals surface area contributed by atoms with Gasteiger partial charge in [-0.2, -0.15) is 0 Å². The molecule has 1 aromatic rings. The van der Waals surface area contributed by atoms with Gasteiger partial charge in [0.05, 0.1) is 0 Å². The summed E-state index contributed by atoms with van der Waals surface area (Å²) < 4.78 is 26.7. The van der Waals surface area contributed by atoms with Gasteiger partial charge in [-0.1, -0.05) is 19.9 Å². The third-order valence-electron chi connectivity index (χ3n) is 4.74. The van der Waals surface area contributed by atoms with Crippen molar-refractivity contribution < 1.29 is 23.2 Å². The number of carbonyl (C=O) groups excluding carboxylic acids is 3. The third-order valence-corrected chi connectivity index (χ3v) is 4.74. The summed E-state index contributed by atoms with van der Waals surface area (Å²) in [6.07, 6.45) is 0.977. The molecule has 1 unspecified atom stereocenters. The van der Waals surface area contributed by atoms with E-state index in [9.17, 15) is 23.2 Å². The van der Waals surface area contributed by atoms with Crippen LogP contribution in [-0.4, -0.2) is 42.8 Å². The molecule has 1 saturated heterocycles. The molecule has 27 heavy (non-hydrogen) atoms. The number of carbonyl (C=O) groups is 3. The van der Waals surface area contributed by atoms with Gasteiger partial charge < -0.3 is 15.5 Å². The fourth-order valence-corrected chi connectivity index (χ4v) is 3.12. The molecule has 1 aromatic carbocycles. The van der Waals surface area contributed by atoms with Crippen LogP contribution in [0.5, 0.6) is 0 Å². The Morgan fingerprint density at radius 2 is 1.74 bits per heavy atom. The molecular formula is C19H25F2N3O3. The molecule has 0 saturated carbocycles. The van der Waals surface area contributed by atoms with Crippen LogP contribution in [0.25, 0.3) is 0 Å². The highest BCUT2D eigenvalue weighted by Crippen LogP contribution is 2.22. The number of amides is 3. The van der Waals surface area contributed by atoms with Crippen molar-refractivity contribution in [3.8, 4) is 0 Å². The average Bonchev–Trinajstić information content (AvgIpc) is 2.67. The maximum atomic E-state index is 13.5. The smallest absolute Gasteiger partial charge is 0.246 e. The van der Waals surface area contributed by atoms with E-state index in [1.165, 1.54) is 13.1 Å². The van der Waals surface area contributed by atoms with E-state index >= 15 is 0 Å². The normalized spacial score (nSPS) is 16.1. The number of likely N-dealkylation sites (tertiary alicyclic amines) is 1. The van der Waals surface area contributed by atoms with Gasteiger partial charge in [0.1, 0.15) is 6.04 Å². The van der Waals surface area contributed by atoms with E-state index in [1.54, 1.807) is 4.90 Å². The molecule has 0 aromatic heterocycles. The molecule has 0 radical (unpaired) electrons. The van der Waals surface area contributed by atoms with Crippen molar-refractivity contribution >= 4 is 17.7 Å². The molecule has 0 spiro atoms. The number of benzene rings is 1. The van der Waals surface area contributed by atoms with Crippen molar-refractivity contribution in [2.75, 3.05) is 20.1 Å². The second-order valence-corrected chi connectivity index (χ2v) is 6.98. The average molecular weight is 381 g/mol. The topological polar surface area (TPSA) is 78.5 Å². The number of halogens is 2. The van der Waals surface area contributed by atoms with Crippen molar-refractivity contribution in [2.45, 2.75) is 32.7 Å². The standard InChI is InChI=1S/C19H25F2N3O3/c1-11(2)19(27)24-8-6-12(7-9-24)17(25)23-16(18(26)22-3)13-4-5-14(20)15(21)10-13/h4-5,10-12,16H,6-9H2,1-3H3,(H,22,26)(H,23,25). The summed E-state index contributed by atoms with van der Waals surface area (Å²) in [4.78, 5) is 38.5. The summed E-state index contributed by atoms with van der Waals surface area (Å²) in [7, 11) is 1.40. The largest absolute Gasteiger partial charge is 0.357 e. The van der Waals surface area contributed by atoms with Gasteiger partial charge in [-0.25, -0.2) is 8.78 Å². The zero-order valence-corrected chi connectivity index (χ0v) is 15.7. The molecule has 1 aliphatic heterocycles. The molecule has 0 bridgehead atoms. The first kappa shape index (κ1) is 20.8. The van der Waals surface area contributed by atoms with Gasteiger partial charge in [-0.15, -0.1) is 0 Å². The van der Waals surface area contributed by atoms with E-state index in [1.807, 2.05) is 13.8 Å². The van der Waals surface area contributed by atoms with Crippen LogP contribution in [-0.2, 0) is 14.4 Å². The molecule has 6 nitrogen and oxygen atoms in total. The summed E-state index contributed by atoms with van der Waals surface area (Å²) in [5.41, 5.74) is 0.161. The van der Waals surface area contributed by atoms with E-state index in [0.717, 1.165) is 12.1 Å². The van der Waals surface area contributed by atoms with E-state index < -0.39 is 23.6 Å². The minimum Gasteiger partial charge on any atom is -0.357 e. The first-order chi connectivity index (χ1) is 12.7. The van der Waals surface area contributed by atoms with Crippen LogP contribution in [0.1, 0.15) is 38.3 Å². The predicted molar refractivity (Wildman–Crippen MR) is 95.5 cm³/mol. The van der Waals surface area contributed by atoms with Crippen LogP contribution in [0.3, 0.4) is 0 Å². The van der Waals surface area contributed by atoms with Gasteiger partial charge in [0.2, 0.25) is 17.7 Å². The number of piperidine rings is 1. The van der Waals surface area contributed by atoms with Gasteiger partial charge in [-0.3, -0.25) is 14.4 Å². The van der Waals surface area contributed by atoms with Crippen molar-refractivity contribution in [2.24, 2.45) is 11.8 Å². The fraction of sp³-hybridized carbons (Fsp3) is 0.526. The summed E-state index contributed by atoms with van der Waals surface area (Å²) in [5, 5.41) is 5.04. The molecule has 8 heteroatoms. The zero-order valence-electron chi connectivity index (χ0n) is 15.7. The van der Waals surface area contributed by atoms with Crippen LogP contribution in [0, 0.1) is 23.5 Å². The lowest BCUT2D eigenvalue weighted by Gasteiger charge is -2.33.